The van der Waals surface area contributed by atoms with E-state index in [1.807, 2.05) is 6.07 Å². The molecule has 0 saturated heterocycles. The van der Waals surface area contributed by atoms with Gasteiger partial charge in [-0.25, -0.2) is 4.39 Å². The number of carbonyl (C=O) groups is 1. The van der Waals surface area contributed by atoms with E-state index in [9.17, 15) is 9.18 Å². The Labute approximate surface area is 121 Å². The van der Waals surface area contributed by atoms with Gasteiger partial charge in [0.05, 0.1) is 17.2 Å². The molecule has 0 bridgehead atoms. The fraction of sp³-hybridized carbons (Fsp3) is 0.0714. The summed E-state index contributed by atoms with van der Waals surface area (Å²) in [6.07, 6.45) is 3.27. The lowest BCUT2D eigenvalue weighted by Gasteiger charge is -2.01. The number of benzene rings is 1. The number of nitriles is 1. The number of rotatable bonds is 3. The van der Waals surface area contributed by atoms with Gasteiger partial charge in [-0.2, -0.15) is 9.83 Å². The standard InChI is InChI=1S/C14H10FN3O.ClH/c15-13-6-10(7-16)3-4-11(13)8-18-5-1-2-12(9-18)14(17)19;/h1-6,9H,8H2,(H-,17,19);1H. The summed E-state index contributed by atoms with van der Waals surface area (Å²) in [4.78, 5) is 11.1. The Hall–Kier alpha value is -2.45. The van der Waals surface area contributed by atoms with Crippen molar-refractivity contribution in [2.45, 2.75) is 6.54 Å². The van der Waals surface area contributed by atoms with Crippen LogP contribution >= 0.6 is 0 Å². The summed E-state index contributed by atoms with van der Waals surface area (Å²) in [5.74, 6) is -0.981. The highest BCUT2D eigenvalue weighted by Crippen LogP contribution is 2.09. The van der Waals surface area contributed by atoms with Crippen LogP contribution in [0.4, 0.5) is 4.39 Å². The van der Waals surface area contributed by atoms with E-state index in [0.29, 0.717) is 11.1 Å². The van der Waals surface area contributed by atoms with Crippen LogP contribution in [0.5, 0.6) is 0 Å². The molecular weight excluding hydrogens is 281 g/mol. The van der Waals surface area contributed by atoms with Crippen LogP contribution in [0, 0.1) is 17.1 Å². The molecule has 1 aromatic carbocycles. The number of nitrogens with zero attached hydrogens (tertiary/aromatic N) is 2. The van der Waals surface area contributed by atoms with Gasteiger partial charge in [0.15, 0.2) is 18.9 Å². The number of amides is 1. The molecule has 0 aliphatic heterocycles. The van der Waals surface area contributed by atoms with E-state index in [4.69, 9.17) is 11.0 Å². The second-order valence-corrected chi connectivity index (χ2v) is 4.05. The first-order chi connectivity index (χ1) is 9.10. The van der Waals surface area contributed by atoms with Crippen molar-refractivity contribution in [2.24, 2.45) is 5.73 Å². The van der Waals surface area contributed by atoms with Crippen molar-refractivity contribution >= 4 is 5.91 Å². The first-order valence-corrected chi connectivity index (χ1v) is 5.57. The van der Waals surface area contributed by atoms with Gasteiger partial charge in [0.25, 0.3) is 5.91 Å². The molecule has 6 heteroatoms. The van der Waals surface area contributed by atoms with E-state index >= 15 is 0 Å². The van der Waals surface area contributed by atoms with Crippen molar-refractivity contribution in [3.8, 4) is 6.07 Å². The Morgan fingerprint density at radius 3 is 2.75 bits per heavy atom. The molecule has 1 heterocycles. The quantitative estimate of drug-likeness (QED) is 0.674. The minimum atomic E-state index is -0.533. The molecule has 0 saturated carbocycles. The Kier molecular flexibility index (Phi) is 5.18. The summed E-state index contributed by atoms with van der Waals surface area (Å²) < 4.78 is 15.4. The van der Waals surface area contributed by atoms with E-state index in [1.54, 1.807) is 41.2 Å². The second kappa shape index (κ2) is 6.64. The average molecular weight is 292 g/mol. The second-order valence-electron chi connectivity index (χ2n) is 4.05. The fourth-order valence-corrected chi connectivity index (χ4v) is 1.71. The maximum Gasteiger partial charge on any atom is 0.254 e. The third-order valence-corrected chi connectivity index (χ3v) is 2.68. The molecule has 0 aliphatic rings. The van der Waals surface area contributed by atoms with Gasteiger partial charge in [-0.05, 0) is 24.3 Å². The number of hydrogen-bond donors (Lipinski definition) is 1. The van der Waals surface area contributed by atoms with Gasteiger partial charge in [-0.3, -0.25) is 4.79 Å². The normalized spacial score (nSPS) is 9.40. The molecule has 102 valence electrons. The largest absolute Gasteiger partial charge is 1.00 e. The molecule has 0 radical (unpaired) electrons. The third kappa shape index (κ3) is 3.53. The summed E-state index contributed by atoms with van der Waals surface area (Å²) in [5, 5.41) is 8.67. The van der Waals surface area contributed by atoms with Crippen molar-refractivity contribution in [2.75, 3.05) is 0 Å². The van der Waals surface area contributed by atoms with Crippen LogP contribution in [-0.4, -0.2) is 5.91 Å². The van der Waals surface area contributed by atoms with Crippen molar-refractivity contribution < 1.29 is 26.2 Å². The Morgan fingerprint density at radius 1 is 1.40 bits per heavy atom. The molecule has 0 aliphatic carbocycles. The number of primary amides is 1. The van der Waals surface area contributed by atoms with Crippen LogP contribution in [0.3, 0.4) is 0 Å². The first kappa shape index (κ1) is 15.6. The Balaban J connectivity index is 0.00000200. The molecule has 2 N–H and O–H groups in total. The van der Waals surface area contributed by atoms with Gasteiger partial charge in [0, 0.05) is 6.07 Å². The van der Waals surface area contributed by atoms with Crippen LogP contribution in [0.15, 0.2) is 42.7 Å². The number of aromatic nitrogens is 1. The number of halogens is 2. The number of pyridine rings is 1. The molecule has 4 nitrogen and oxygen atoms in total. The maximum absolute atomic E-state index is 13.7. The monoisotopic (exact) mass is 291 g/mol. The number of nitrogens with two attached hydrogens (primary N) is 1. The molecule has 1 amide bonds. The molecular formula is C14H11ClFN3O. The van der Waals surface area contributed by atoms with Crippen LogP contribution in [0.25, 0.3) is 0 Å². The molecule has 0 unspecified atom stereocenters. The topological polar surface area (TPSA) is 70.8 Å². The molecule has 0 fully saturated rings. The lowest BCUT2D eigenvalue weighted by atomic mass is 10.1. The van der Waals surface area contributed by atoms with Crippen molar-refractivity contribution in [1.29, 1.82) is 5.26 Å². The summed E-state index contributed by atoms with van der Waals surface area (Å²) in [7, 11) is 0. The van der Waals surface area contributed by atoms with E-state index in [-0.39, 0.29) is 24.5 Å². The highest BCUT2D eigenvalue weighted by atomic mass is 35.5. The van der Waals surface area contributed by atoms with Crippen LogP contribution in [0.1, 0.15) is 21.5 Å². The predicted molar refractivity (Wildman–Crippen MR) is 65.4 cm³/mol. The van der Waals surface area contributed by atoms with Gasteiger partial charge in [-0.1, -0.05) is 0 Å². The summed E-state index contributed by atoms with van der Waals surface area (Å²) in [6.45, 7) is 0.263. The smallest absolute Gasteiger partial charge is 0.254 e. The van der Waals surface area contributed by atoms with Crippen LogP contribution in [-0.2, 0) is 6.54 Å². The SMILES string of the molecule is N#Cc1ccc(C[n+]2cccc(C(N)=O)c2)c(F)c1.[Cl-]. The van der Waals surface area contributed by atoms with Crippen molar-refractivity contribution in [3.05, 3.63) is 65.2 Å². The van der Waals surface area contributed by atoms with Gasteiger partial charge in [0.2, 0.25) is 0 Å². The van der Waals surface area contributed by atoms with Gasteiger partial charge in [-0.15, -0.1) is 0 Å². The first-order valence-electron chi connectivity index (χ1n) is 5.57. The zero-order valence-corrected chi connectivity index (χ0v) is 11.1. The highest BCUT2D eigenvalue weighted by Gasteiger charge is 2.11. The molecule has 20 heavy (non-hydrogen) atoms. The van der Waals surface area contributed by atoms with Gasteiger partial charge in [0.1, 0.15) is 11.4 Å². The highest BCUT2D eigenvalue weighted by molar-refractivity contribution is 5.92. The molecule has 0 spiro atoms. The van der Waals surface area contributed by atoms with Gasteiger partial charge < -0.3 is 18.1 Å². The average Bonchev–Trinajstić information content (AvgIpc) is 2.41. The lowest BCUT2D eigenvalue weighted by Crippen LogP contribution is -3.00. The van der Waals surface area contributed by atoms with E-state index in [0.717, 1.165) is 0 Å². The number of hydrogen-bond acceptors (Lipinski definition) is 2. The lowest BCUT2D eigenvalue weighted by molar-refractivity contribution is -0.688. The van der Waals surface area contributed by atoms with E-state index in [2.05, 4.69) is 0 Å². The zero-order valence-electron chi connectivity index (χ0n) is 10.4. The van der Waals surface area contributed by atoms with Crippen LogP contribution < -0.4 is 22.7 Å². The van der Waals surface area contributed by atoms with E-state index < -0.39 is 11.7 Å². The van der Waals surface area contributed by atoms with Crippen LogP contribution in [0.2, 0.25) is 0 Å². The molecule has 1 aromatic heterocycles. The molecule has 2 rings (SSSR count). The fourth-order valence-electron chi connectivity index (χ4n) is 1.71. The Bertz CT molecular complexity index is 682. The minimum absolute atomic E-state index is 0. The summed E-state index contributed by atoms with van der Waals surface area (Å²) in [5.41, 5.74) is 6.25. The van der Waals surface area contributed by atoms with E-state index in [1.165, 1.54) is 6.07 Å². The predicted octanol–water partition coefficient (Wildman–Crippen LogP) is -1.86. The third-order valence-electron chi connectivity index (χ3n) is 2.68. The molecule has 0 atom stereocenters. The summed E-state index contributed by atoms with van der Waals surface area (Å²) in [6, 6.07) is 9.43. The van der Waals surface area contributed by atoms with Gasteiger partial charge >= 0.3 is 0 Å². The summed E-state index contributed by atoms with van der Waals surface area (Å²) >= 11 is 0. The minimum Gasteiger partial charge on any atom is -1.00 e. The molecule has 2 aromatic rings. The van der Waals surface area contributed by atoms with Crippen molar-refractivity contribution in [3.63, 3.8) is 0 Å². The van der Waals surface area contributed by atoms with Crippen molar-refractivity contribution in [1.82, 2.24) is 0 Å². The maximum atomic E-state index is 13.7. The zero-order chi connectivity index (χ0) is 13.8. The Morgan fingerprint density at radius 2 is 2.15 bits per heavy atom. The number of carbonyl (C=O) groups excluding carboxylic acids is 1.